The number of carboxylic acids is 1. The number of ether oxygens (including phenoxy) is 1. The number of carboxylic acid groups (broad SMARTS) is 1. The van der Waals surface area contributed by atoms with Crippen LogP contribution in [0.15, 0.2) is 0 Å². The van der Waals surface area contributed by atoms with Crippen LogP contribution in [0.4, 0.5) is 0 Å². The van der Waals surface area contributed by atoms with Gasteiger partial charge < -0.3 is 9.84 Å². The van der Waals surface area contributed by atoms with Gasteiger partial charge in [-0.15, -0.1) is 0 Å². The van der Waals surface area contributed by atoms with Crippen molar-refractivity contribution in [2.75, 3.05) is 0 Å². The second-order valence-electron chi connectivity index (χ2n) is 4.21. The van der Waals surface area contributed by atoms with E-state index in [1.807, 2.05) is 13.8 Å². The van der Waals surface area contributed by atoms with Crippen molar-refractivity contribution < 1.29 is 19.4 Å². The molecule has 0 rings (SSSR count). The minimum absolute atomic E-state index is 0.245. The van der Waals surface area contributed by atoms with Crippen LogP contribution in [-0.2, 0) is 14.3 Å². The van der Waals surface area contributed by atoms with Crippen molar-refractivity contribution in [1.29, 1.82) is 0 Å². The van der Waals surface area contributed by atoms with E-state index in [2.05, 4.69) is 15.9 Å². The third-order valence-electron chi connectivity index (χ3n) is 2.54. The van der Waals surface area contributed by atoms with E-state index in [9.17, 15) is 9.59 Å². The predicted molar refractivity (Wildman–Crippen MR) is 69.3 cm³/mol. The van der Waals surface area contributed by atoms with E-state index in [1.165, 1.54) is 0 Å². The summed E-state index contributed by atoms with van der Waals surface area (Å²) in [6.07, 6.45) is 3.13. The van der Waals surface area contributed by atoms with Gasteiger partial charge in [-0.05, 0) is 19.8 Å². The van der Waals surface area contributed by atoms with Crippen LogP contribution in [0.5, 0.6) is 0 Å². The average Bonchev–Trinajstić information content (AvgIpc) is 2.25. The number of unbranched alkanes of at least 4 members (excludes halogenated alkanes) is 1. The highest BCUT2D eigenvalue weighted by Crippen LogP contribution is 2.28. The summed E-state index contributed by atoms with van der Waals surface area (Å²) < 4.78 is 3.56. The van der Waals surface area contributed by atoms with Gasteiger partial charge in [0.2, 0.25) is 4.32 Å². The minimum Gasteiger partial charge on any atom is -0.480 e. The molecule has 0 aliphatic carbocycles. The van der Waals surface area contributed by atoms with Crippen molar-refractivity contribution in [3.63, 3.8) is 0 Å². The van der Waals surface area contributed by atoms with Gasteiger partial charge >= 0.3 is 11.9 Å². The van der Waals surface area contributed by atoms with Crippen molar-refractivity contribution in [2.45, 2.75) is 63.3 Å². The third kappa shape index (κ3) is 5.06. The second-order valence-corrected chi connectivity index (χ2v) is 5.57. The Morgan fingerprint density at radius 3 is 2.35 bits per heavy atom. The Morgan fingerprint density at radius 2 is 1.94 bits per heavy atom. The van der Waals surface area contributed by atoms with E-state index < -0.39 is 16.3 Å². The Balaban J connectivity index is 4.59. The standard InChI is InChI=1S/C12H21BrO4/c1-4-6-8-12(13,10(14)15)11(16)17-9(3)7-5-2/h9H,4-8H2,1-3H3,(H,14,15). The summed E-state index contributed by atoms with van der Waals surface area (Å²) in [7, 11) is 0. The Kier molecular flexibility index (Phi) is 7.43. The van der Waals surface area contributed by atoms with Gasteiger partial charge in [0.05, 0.1) is 6.10 Å². The van der Waals surface area contributed by atoms with Gasteiger partial charge in [-0.1, -0.05) is 49.0 Å². The molecule has 0 fully saturated rings. The minimum atomic E-state index is -1.59. The molecule has 0 saturated carbocycles. The van der Waals surface area contributed by atoms with Crippen molar-refractivity contribution in [1.82, 2.24) is 0 Å². The zero-order chi connectivity index (χ0) is 13.5. The van der Waals surface area contributed by atoms with E-state index in [0.29, 0.717) is 6.42 Å². The number of halogens is 1. The molecule has 100 valence electrons. The van der Waals surface area contributed by atoms with Crippen molar-refractivity contribution in [3.05, 3.63) is 0 Å². The maximum Gasteiger partial charge on any atom is 0.334 e. The average molecular weight is 309 g/mol. The van der Waals surface area contributed by atoms with E-state index in [1.54, 1.807) is 6.92 Å². The fraction of sp³-hybridized carbons (Fsp3) is 0.833. The van der Waals surface area contributed by atoms with Gasteiger partial charge in [-0.2, -0.15) is 0 Å². The number of hydrogen-bond donors (Lipinski definition) is 1. The molecular weight excluding hydrogens is 288 g/mol. The molecule has 5 heteroatoms. The summed E-state index contributed by atoms with van der Waals surface area (Å²) in [5.41, 5.74) is 0. The summed E-state index contributed by atoms with van der Waals surface area (Å²) in [6.45, 7) is 5.71. The first kappa shape index (κ1) is 16.4. The Hall–Kier alpha value is -0.580. The maximum absolute atomic E-state index is 11.8. The maximum atomic E-state index is 11.8. The van der Waals surface area contributed by atoms with Crippen molar-refractivity contribution in [2.24, 2.45) is 0 Å². The van der Waals surface area contributed by atoms with E-state index in [-0.39, 0.29) is 12.5 Å². The predicted octanol–water partition coefficient (Wildman–Crippen LogP) is 3.13. The lowest BCUT2D eigenvalue weighted by Gasteiger charge is -2.23. The van der Waals surface area contributed by atoms with Gasteiger partial charge in [-0.25, -0.2) is 4.79 Å². The molecular formula is C12H21BrO4. The molecule has 17 heavy (non-hydrogen) atoms. The second kappa shape index (κ2) is 7.69. The number of aliphatic carboxylic acids is 1. The Bertz CT molecular complexity index is 267. The van der Waals surface area contributed by atoms with Crippen LogP contribution in [0.1, 0.15) is 52.9 Å². The largest absolute Gasteiger partial charge is 0.480 e. The summed E-state index contributed by atoms with van der Waals surface area (Å²) in [5.74, 6) is -1.88. The van der Waals surface area contributed by atoms with Crippen LogP contribution in [-0.4, -0.2) is 27.5 Å². The van der Waals surface area contributed by atoms with Crippen LogP contribution >= 0.6 is 15.9 Å². The first-order chi connectivity index (χ1) is 7.88. The Labute approximate surface area is 111 Å². The quantitative estimate of drug-likeness (QED) is 0.425. The molecule has 0 saturated heterocycles. The molecule has 0 radical (unpaired) electrons. The lowest BCUT2D eigenvalue weighted by atomic mass is 10.0. The van der Waals surface area contributed by atoms with Crippen LogP contribution in [0.2, 0.25) is 0 Å². The molecule has 0 aromatic heterocycles. The zero-order valence-electron chi connectivity index (χ0n) is 10.7. The van der Waals surface area contributed by atoms with Crippen molar-refractivity contribution in [3.8, 4) is 0 Å². The molecule has 1 N–H and O–H groups in total. The summed E-state index contributed by atoms with van der Waals surface area (Å²) in [5, 5.41) is 9.12. The SMILES string of the molecule is CCCCC(Br)(C(=O)O)C(=O)OC(C)CCC. The normalized spacial score (nSPS) is 16.0. The highest BCUT2D eigenvalue weighted by molar-refractivity contribution is 9.10. The molecule has 4 nitrogen and oxygen atoms in total. The number of carbonyl (C=O) groups is 2. The number of alkyl halides is 1. The molecule has 0 aliphatic rings. The van der Waals surface area contributed by atoms with Crippen LogP contribution in [0.25, 0.3) is 0 Å². The molecule has 0 aromatic rings. The number of hydrogen-bond acceptors (Lipinski definition) is 3. The Morgan fingerprint density at radius 1 is 1.35 bits per heavy atom. The van der Waals surface area contributed by atoms with Gasteiger partial charge in [-0.3, -0.25) is 4.79 Å². The number of carbonyl (C=O) groups excluding carboxylic acids is 1. The van der Waals surface area contributed by atoms with Gasteiger partial charge in [0.1, 0.15) is 0 Å². The van der Waals surface area contributed by atoms with E-state index >= 15 is 0 Å². The van der Waals surface area contributed by atoms with Crippen LogP contribution in [0.3, 0.4) is 0 Å². The molecule has 0 aliphatic heterocycles. The first-order valence-electron chi connectivity index (χ1n) is 6.01. The molecule has 0 aromatic carbocycles. The topological polar surface area (TPSA) is 63.6 Å². The number of esters is 1. The fourth-order valence-electron chi connectivity index (χ4n) is 1.46. The summed E-state index contributed by atoms with van der Waals surface area (Å²) in [4.78, 5) is 23.0. The van der Waals surface area contributed by atoms with E-state index in [4.69, 9.17) is 9.84 Å². The van der Waals surface area contributed by atoms with Gasteiger partial charge in [0.15, 0.2) is 0 Å². The molecule has 2 atom stereocenters. The summed E-state index contributed by atoms with van der Waals surface area (Å²) in [6, 6.07) is 0. The van der Waals surface area contributed by atoms with Crippen LogP contribution in [0, 0.1) is 0 Å². The van der Waals surface area contributed by atoms with Crippen molar-refractivity contribution >= 4 is 27.9 Å². The van der Waals surface area contributed by atoms with E-state index in [0.717, 1.165) is 19.3 Å². The lowest BCUT2D eigenvalue weighted by Crippen LogP contribution is -2.43. The smallest absolute Gasteiger partial charge is 0.334 e. The fourth-order valence-corrected chi connectivity index (χ4v) is 1.83. The summed E-state index contributed by atoms with van der Waals surface area (Å²) >= 11 is 3.02. The van der Waals surface area contributed by atoms with Gasteiger partial charge in [0, 0.05) is 0 Å². The molecule has 0 heterocycles. The van der Waals surface area contributed by atoms with Crippen LogP contribution < -0.4 is 0 Å². The first-order valence-corrected chi connectivity index (χ1v) is 6.81. The number of rotatable bonds is 8. The molecule has 2 unspecified atom stereocenters. The lowest BCUT2D eigenvalue weighted by molar-refractivity contribution is -0.159. The monoisotopic (exact) mass is 308 g/mol. The highest BCUT2D eigenvalue weighted by Gasteiger charge is 2.45. The molecule has 0 amide bonds. The zero-order valence-corrected chi connectivity index (χ0v) is 12.2. The third-order valence-corrected chi connectivity index (χ3v) is 3.60. The molecule has 0 spiro atoms. The van der Waals surface area contributed by atoms with Gasteiger partial charge in [0.25, 0.3) is 0 Å². The highest BCUT2D eigenvalue weighted by atomic mass is 79.9. The molecule has 0 bridgehead atoms.